The van der Waals surface area contributed by atoms with Crippen molar-refractivity contribution in [2.75, 3.05) is 0 Å². The van der Waals surface area contributed by atoms with Crippen molar-refractivity contribution in [1.29, 1.82) is 0 Å². The summed E-state index contributed by atoms with van der Waals surface area (Å²) < 4.78 is 7.26. The predicted octanol–water partition coefficient (Wildman–Crippen LogP) is 4.06. The number of hydrogen-bond acceptors (Lipinski definition) is 3. The van der Waals surface area contributed by atoms with Crippen molar-refractivity contribution < 1.29 is 3.79 Å². The minimum atomic E-state index is 0.679. The van der Waals surface area contributed by atoms with Crippen LogP contribution in [0.25, 0.3) is 28.5 Å². The van der Waals surface area contributed by atoms with Gasteiger partial charge in [0.15, 0.2) is 11.6 Å². The van der Waals surface area contributed by atoms with E-state index in [4.69, 9.17) is 13.9 Å². The standard InChI is InChI=1S/C20H15N3O.Al/c24-18-14-8-7-13-17(18)23-20(16-11-5-2-6-12-16)21-19(22-23)15-9-3-1-4-10-15;/h1-14,24H;/q;+1/p-1. The Balaban J connectivity index is 1.94. The van der Waals surface area contributed by atoms with Gasteiger partial charge in [0.1, 0.15) is 11.4 Å². The zero-order chi connectivity index (χ0) is 17.1. The minimum Gasteiger partial charge on any atom is -0.652 e. The number of hydrogen-bond donors (Lipinski definition) is 0. The first-order valence-corrected chi connectivity index (χ1v) is 8.38. The molecule has 4 nitrogen and oxygen atoms in total. The minimum absolute atomic E-state index is 0.679. The lowest BCUT2D eigenvalue weighted by atomic mass is 10.2. The first-order chi connectivity index (χ1) is 12.4. The first-order valence-electron chi connectivity index (χ1n) is 7.91. The average molecular weight is 339 g/mol. The molecule has 4 aromatic rings. The zero-order valence-corrected chi connectivity index (χ0v) is 14.6. The van der Waals surface area contributed by atoms with Gasteiger partial charge in [0, 0.05) is 11.1 Å². The molecule has 3 aromatic carbocycles. The Labute approximate surface area is 154 Å². The van der Waals surface area contributed by atoms with Gasteiger partial charge in [-0.15, -0.1) is 5.10 Å². The largest absolute Gasteiger partial charge is 0.652 e. The van der Waals surface area contributed by atoms with Crippen LogP contribution in [0.5, 0.6) is 5.75 Å². The monoisotopic (exact) mass is 339 g/mol. The van der Waals surface area contributed by atoms with Crippen LogP contribution in [0.15, 0.2) is 84.9 Å². The molecule has 1 heterocycles. The van der Waals surface area contributed by atoms with E-state index in [0.717, 1.165) is 22.6 Å². The number of para-hydroxylation sites is 2. The average Bonchev–Trinajstić information content (AvgIpc) is 3.14. The predicted molar refractivity (Wildman–Crippen MR) is 98.6 cm³/mol. The molecule has 5 heteroatoms. The molecular weight excluding hydrogens is 325 g/mol. The summed E-state index contributed by atoms with van der Waals surface area (Å²) in [5, 5.41) is 4.75. The van der Waals surface area contributed by atoms with Gasteiger partial charge in [-0.2, -0.15) is 0 Å². The van der Waals surface area contributed by atoms with E-state index in [1.807, 2.05) is 89.6 Å². The van der Waals surface area contributed by atoms with E-state index in [0.29, 0.717) is 11.6 Å². The van der Waals surface area contributed by atoms with Crippen molar-refractivity contribution in [3.63, 3.8) is 0 Å². The van der Waals surface area contributed by atoms with Crippen LogP contribution in [0.4, 0.5) is 0 Å². The fourth-order valence-electron chi connectivity index (χ4n) is 2.70. The molecule has 0 aliphatic carbocycles. The summed E-state index contributed by atoms with van der Waals surface area (Å²) in [5.74, 6) is 2.17. The summed E-state index contributed by atoms with van der Waals surface area (Å²) >= 11 is 2.29. The van der Waals surface area contributed by atoms with Gasteiger partial charge in [0.25, 0.3) is 0 Å². The number of nitrogens with zero attached hydrogens (tertiary/aromatic N) is 3. The Morgan fingerprint density at radius 1 is 0.720 bits per heavy atom. The third-order valence-corrected chi connectivity index (χ3v) is 4.15. The molecule has 118 valence electrons. The van der Waals surface area contributed by atoms with Crippen LogP contribution in [-0.2, 0) is 0 Å². The quantitative estimate of drug-likeness (QED) is 0.526. The van der Waals surface area contributed by atoms with E-state index in [1.165, 1.54) is 0 Å². The number of rotatable bonds is 4. The normalized spacial score (nSPS) is 10.6. The van der Waals surface area contributed by atoms with Gasteiger partial charge in [-0.05, 0) is 12.1 Å². The Morgan fingerprint density at radius 3 is 2.00 bits per heavy atom. The van der Waals surface area contributed by atoms with Crippen LogP contribution < -0.4 is 3.79 Å². The molecule has 0 atom stereocenters. The lowest BCUT2D eigenvalue weighted by Crippen LogP contribution is -2.02. The van der Waals surface area contributed by atoms with Gasteiger partial charge in [0.2, 0.25) is 0 Å². The molecule has 1 aromatic heterocycles. The molecule has 2 radical (unpaired) electrons. The summed E-state index contributed by atoms with van der Waals surface area (Å²) in [4.78, 5) is 4.79. The van der Waals surface area contributed by atoms with Crippen LogP contribution in [-0.4, -0.2) is 31.4 Å². The van der Waals surface area contributed by atoms with Crippen LogP contribution in [0.2, 0.25) is 0 Å². The van der Waals surface area contributed by atoms with Gasteiger partial charge in [-0.25, -0.2) is 9.67 Å². The smallest absolute Gasteiger partial charge is 0.482 e. The summed E-state index contributed by atoms with van der Waals surface area (Å²) in [6.07, 6.45) is 0. The second kappa shape index (κ2) is 6.94. The van der Waals surface area contributed by atoms with E-state index in [2.05, 4.69) is 16.6 Å². The van der Waals surface area contributed by atoms with Crippen molar-refractivity contribution in [2.24, 2.45) is 0 Å². The molecule has 0 N–H and O–H groups in total. The summed E-state index contributed by atoms with van der Waals surface area (Å²) in [6.45, 7) is 0. The van der Waals surface area contributed by atoms with Crippen LogP contribution in [0, 0.1) is 0 Å². The Morgan fingerprint density at radius 2 is 1.32 bits per heavy atom. The van der Waals surface area contributed by atoms with Gasteiger partial charge in [0.05, 0.1) is 0 Å². The maximum absolute atomic E-state index is 5.43. The first kappa shape index (κ1) is 15.6. The third kappa shape index (κ3) is 3.08. The fourth-order valence-corrected chi connectivity index (χ4v) is 2.89. The highest BCUT2D eigenvalue weighted by atomic mass is 27.1. The van der Waals surface area contributed by atoms with Crippen molar-refractivity contribution in [2.45, 2.75) is 0 Å². The van der Waals surface area contributed by atoms with Gasteiger partial charge < -0.3 is 3.79 Å². The van der Waals surface area contributed by atoms with Crippen molar-refractivity contribution in [1.82, 2.24) is 14.8 Å². The SMILES string of the molecule is [Al][O]c1ccccc1-n1nc(-c2ccccc2)nc1-c1ccccc1. The lowest BCUT2D eigenvalue weighted by Gasteiger charge is -2.11. The van der Waals surface area contributed by atoms with Gasteiger partial charge in [-0.3, -0.25) is 0 Å². The molecule has 0 saturated carbocycles. The van der Waals surface area contributed by atoms with E-state index >= 15 is 0 Å². The van der Waals surface area contributed by atoms with Gasteiger partial charge >= 0.3 is 16.6 Å². The van der Waals surface area contributed by atoms with E-state index in [9.17, 15) is 0 Å². The van der Waals surface area contributed by atoms with Crippen LogP contribution in [0.3, 0.4) is 0 Å². The lowest BCUT2D eigenvalue weighted by molar-refractivity contribution is 0.606. The molecule has 0 fully saturated rings. The van der Waals surface area contributed by atoms with E-state index in [-0.39, 0.29) is 0 Å². The molecule has 25 heavy (non-hydrogen) atoms. The molecule has 0 unspecified atom stereocenters. The molecule has 0 saturated heterocycles. The van der Waals surface area contributed by atoms with Crippen molar-refractivity contribution >= 4 is 16.6 Å². The fraction of sp³-hybridized carbons (Fsp3) is 0. The summed E-state index contributed by atoms with van der Waals surface area (Å²) in [6, 6.07) is 27.8. The summed E-state index contributed by atoms with van der Waals surface area (Å²) in [5.41, 5.74) is 2.81. The molecule has 0 aliphatic heterocycles. The topological polar surface area (TPSA) is 39.9 Å². The third-order valence-electron chi connectivity index (χ3n) is 3.89. The van der Waals surface area contributed by atoms with Crippen molar-refractivity contribution in [3.05, 3.63) is 84.9 Å². The maximum Gasteiger partial charge on any atom is 0.482 e. The van der Waals surface area contributed by atoms with Crippen LogP contribution >= 0.6 is 0 Å². The highest BCUT2D eigenvalue weighted by molar-refractivity contribution is 6.00. The van der Waals surface area contributed by atoms with E-state index in [1.54, 1.807) is 0 Å². The Bertz CT molecular complexity index is 984. The molecule has 0 bridgehead atoms. The number of benzene rings is 3. The molecule has 4 rings (SSSR count). The second-order valence-electron chi connectivity index (χ2n) is 5.49. The second-order valence-corrected chi connectivity index (χ2v) is 5.72. The summed E-state index contributed by atoms with van der Waals surface area (Å²) in [7, 11) is 0. The van der Waals surface area contributed by atoms with Crippen LogP contribution in [0.1, 0.15) is 0 Å². The molecular formula is C20H14AlN3O. The molecule has 0 aliphatic rings. The highest BCUT2D eigenvalue weighted by Gasteiger charge is 2.16. The van der Waals surface area contributed by atoms with E-state index < -0.39 is 0 Å². The maximum atomic E-state index is 5.43. The van der Waals surface area contributed by atoms with Crippen molar-refractivity contribution in [3.8, 4) is 34.2 Å². The molecule has 0 amide bonds. The zero-order valence-electron chi connectivity index (χ0n) is 13.4. The highest BCUT2D eigenvalue weighted by Crippen LogP contribution is 2.29. The molecule has 0 spiro atoms. The Hall–Kier alpha value is -2.87. The van der Waals surface area contributed by atoms with Gasteiger partial charge in [-0.1, -0.05) is 72.8 Å². The Kier molecular flexibility index (Phi) is 4.34. The number of aromatic nitrogens is 3.